The molecule has 0 aliphatic heterocycles. The quantitative estimate of drug-likeness (QED) is 0.405. The van der Waals surface area contributed by atoms with Crippen LogP contribution in [0.25, 0.3) is 0 Å². The summed E-state index contributed by atoms with van der Waals surface area (Å²) in [6.07, 6.45) is 1.35. The van der Waals surface area contributed by atoms with E-state index in [2.05, 4.69) is 24.1 Å². The summed E-state index contributed by atoms with van der Waals surface area (Å²) in [5.41, 5.74) is -0.161. The summed E-state index contributed by atoms with van der Waals surface area (Å²) >= 11 is 4.96. The van der Waals surface area contributed by atoms with Crippen LogP contribution in [0.4, 0.5) is 0 Å². The van der Waals surface area contributed by atoms with Crippen LogP contribution < -0.4 is 9.46 Å². The van der Waals surface area contributed by atoms with Gasteiger partial charge in [0.15, 0.2) is 5.71 Å². The molecule has 0 radical (unpaired) electrons. The molecule has 0 saturated heterocycles. The number of hydrogen-bond acceptors (Lipinski definition) is 9. The van der Waals surface area contributed by atoms with Gasteiger partial charge in [0.1, 0.15) is 17.5 Å². The van der Waals surface area contributed by atoms with Gasteiger partial charge in [0, 0.05) is 6.07 Å². The Morgan fingerprint density at radius 2 is 2.04 bits per heavy atom. The third-order valence-corrected chi connectivity index (χ3v) is 3.95. The Hall–Kier alpha value is -2.83. The first-order valence-electron chi connectivity index (χ1n) is 6.92. The van der Waals surface area contributed by atoms with E-state index in [9.17, 15) is 13.2 Å². The van der Waals surface area contributed by atoms with E-state index in [4.69, 9.17) is 17.0 Å². The molecule has 1 amide bonds. The Morgan fingerprint density at radius 3 is 2.69 bits per heavy atom. The minimum atomic E-state index is -4.27. The SMILES string of the molecule is CO/N=C(/C(=O)NS(=O)(=O)OC)c1ccccc1Oc1cc(=S)nc[nH]1. The molecule has 10 nitrogen and oxygen atoms in total. The lowest BCUT2D eigenvalue weighted by molar-refractivity contribution is -0.113. The fraction of sp³-hybridized carbons (Fsp3) is 0.143. The third-order valence-electron chi connectivity index (χ3n) is 2.85. The van der Waals surface area contributed by atoms with Crippen molar-refractivity contribution in [1.29, 1.82) is 0 Å². The lowest BCUT2D eigenvalue weighted by Gasteiger charge is -2.12. The summed E-state index contributed by atoms with van der Waals surface area (Å²) in [6, 6.07) is 7.79. The van der Waals surface area contributed by atoms with Crippen LogP contribution in [0.2, 0.25) is 0 Å². The van der Waals surface area contributed by atoms with E-state index in [0.717, 1.165) is 7.11 Å². The van der Waals surface area contributed by atoms with Gasteiger partial charge < -0.3 is 14.6 Å². The number of aromatic nitrogens is 2. The first-order valence-corrected chi connectivity index (χ1v) is 8.73. The van der Waals surface area contributed by atoms with Gasteiger partial charge in [-0.25, -0.2) is 9.71 Å². The summed E-state index contributed by atoms with van der Waals surface area (Å²) in [4.78, 5) is 23.5. The zero-order chi connectivity index (χ0) is 19.2. The molecule has 1 heterocycles. The van der Waals surface area contributed by atoms with E-state index < -0.39 is 16.2 Å². The molecule has 0 atom stereocenters. The number of nitrogens with zero attached hydrogens (tertiary/aromatic N) is 2. The summed E-state index contributed by atoms with van der Waals surface area (Å²) in [7, 11) is -2.15. The van der Waals surface area contributed by atoms with Crippen molar-refractivity contribution in [1.82, 2.24) is 14.7 Å². The van der Waals surface area contributed by atoms with E-state index in [0.29, 0.717) is 4.64 Å². The average Bonchev–Trinajstić information content (AvgIpc) is 2.60. The second-order valence-corrected chi connectivity index (χ2v) is 6.39. The zero-order valence-electron chi connectivity index (χ0n) is 13.6. The fourth-order valence-corrected chi connectivity index (χ4v) is 2.35. The summed E-state index contributed by atoms with van der Waals surface area (Å²) in [5.74, 6) is -0.600. The van der Waals surface area contributed by atoms with E-state index in [1.807, 2.05) is 0 Å². The standard InChI is InChI=1S/C14H14N4O6S2/c1-22-17-13(14(19)18-26(20,21)23-2)9-5-3-4-6-10(9)24-11-7-12(25)16-8-15-11/h3-8H,1-2H3,(H,18,19)(H,15,16,25)/b17-13+. The molecule has 26 heavy (non-hydrogen) atoms. The van der Waals surface area contributed by atoms with Gasteiger partial charge in [-0.1, -0.05) is 29.5 Å². The predicted octanol–water partition coefficient (Wildman–Crippen LogP) is 1.29. The number of ether oxygens (including phenoxy) is 1. The molecule has 0 fully saturated rings. The van der Waals surface area contributed by atoms with Crippen LogP contribution in [0, 0.1) is 4.64 Å². The fourth-order valence-electron chi connectivity index (χ4n) is 1.79. The topological polar surface area (TPSA) is 132 Å². The van der Waals surface area contributed by atoms with Gasteiger partial charge in [0.2, 0.25) is 5.88 Å². The maximum absolute atomic E-state index is 12.3. The van der Waals surface area contributed by atoms with Crippen LogP contribution in [0.3, 0.4) is 0 Å². The van der Waals surface area contributed by atoms with Crippen molar-refractivity contribution in [2.45, 2.75) is 0 Å². The lowest BCUT2D eigenvalue weighted by Crippen LogP contribution is -2.37. The number of nitrogens with one attached hydrogen (secondary N) is 2. The van der Waals surface area contributed by atoms with Gasteiger partial charge in [-0.15, -0.1) is 0 Å². The van der Waals surface area contributed by atoms with Gasteiger partial charge in [0.05, 0.1) is 19.0 Å². The molecular weight excluding hydrogens is 384 g/mol. The van der Waals surface area contributed by atoms with Crippen LogP contribution in [-0.4, -0.2) is 44.2 Å². The van der Waals surface area contributed by atoms with E-state index in [-0.39, 0.29) is 22.9 Å². The molecule has 2 N–H and O–H groups in total. The minimum absolute atomic E-state index is 0.175. The highest BCUT2D eigenvalue weighted by molar-refractivity contribution is 7.85. The molecule has 0 spiro atoms. The predicted molar refractivity (Wildman–Crippen MR) is 93.6 cm³/mol. The van der Waals surface area contributed by atoms with E-state index >= 15 is 0 Å². The molecule has 0 aliphatic rings. The monoisotopic (exact) mass is 398 g/mol. The number of carbonyl (C=O) groups excluding carboxylic acids is 1. The highest BCUT2D eigenvalue weighted by atomic mass is 32.2. The van der Waals surface area contributed by atoms with E-state index in [1.165, 1.54) is 25.6 Å². The second kappa shape index (κ2) is 8.51. The number of benzene rings is 1. The van der Waals surface area contributed by atoms with Crippen LogP contribution >= 0.6 is 12.2 Å². The number of carbonyl (C=O) groups is 1. The van der Waals surface area contributed by atoms with Crippen molar-refractivity contribution in [3.05, 3.63) is 46.9 Å². The first kappa shape index (κ1) is 19.5. The Balaban J connectivity index is 2.42. The van der Waals surface area contributed by atoms with Crippen molar-refractivity contribution >= 4 is 34.1 Å². The zero-order valence-corrected chi connectivity index (χ0v) is 15.3. The Bertz CT molecular complexity index is 987. The molecule has 12 heteroatoms. The lowest BCUT2D eigenvalue weighted by atomic mass is 10.1. The highest BCUT2D eigenvalue weighted by Gasteiger charge is 2.24. The molecule has 1 aromatic heterocycles. The molecule has 138 valence electrons. The second-order valence-electron chi connectivity index (χ2n) is 4.52. The van der Waals surface area contributed by atoms with Crippen LogP contribution in [0.1, 0.15) is 5.56 Å². The van der Waals surface area contributed by atoms with E-state index in [1.54, 1.807) is 22.9 Å². The van der Waals surface area contributed by atoms with Gasteiger partial charge in [0.25, 0.3) is 5.91 Å². The molecule has 2 aromatic rings. The van der Waals surface area contributed by atoms with Gasteiger partial charge in [-0.05, 0) is 12.1 Å². The van der Waals surface area contributed by atoms with Crippen molar-refractivity contribution in [2.75, 3.05) is 14.2 Å². The first-order chi connectivity index (χ1) is 12.4. The number of H-pyrrole nitrogens is 1. The van der Waals surface area contributed by atoms with Crippen molar-refractivity contribution in [2.24, 2.45) is 5.16 Å². The summed E-state index contributed by atoms with van der Waals surface area (Å²) in [5, 5.41) is 3.59. The molecule has 0 saturated carbocycles. The van der Waals surface area contributed by atoms with Crippen molar-refractivity contribution in [3.63, 3.8) is 0 Å². The molecular formula is C14H14N4O6S2. The molecule has 1 aromatic carbocycles. The maximum Gasteiger partial charge on any atom is 0.362 e. The van der Waals surface area contributed by atoms with Crippen LogP contribution in [-0.2, 0) is 24.1 Å². The summed E-state index contributed by atoms with van der Waals surface area (Å²) < 4.78 is 34.8. The van der Waals surface area contributed by atoms with Gasteiger partial charge in [-0.3, -0.25) is 8.98 Å². The smallest absolute Gasteiger partial charge is 0.362 e. The van der Waals surface area contributed by atoms with Crippen molar-refractivity contribution in [3.8, 4) is 11.6 Å². The highest BCUT2D eigenvalue weighted by Crippen LogP contribution is 2.24. The average molecular weight is 398 g/mol. The molecule has 0 bridgehead atoms. The van der Waals surface area contributed by atoms with Gasteiger partial charge in [-0.2, -0.15) is 8.42 Å². The van der Waals surface area contributed by atoms with Crippen LogP contribution in [0.15, 0.2) is 41.8 Å². The summed E-state index contributed by atoms with van der Waals surface area (Å²) in [6.45, 7) is 0. The van der Waals surface area contributed by atoms with Crippen molar-refractivity contribution < 1.29 is 27.0 Å². The molecule has 0 aliphatic carbocycles. The normalized spacial score (nSPS) is 11.7. The number of rotatable bonds is 7. The number of para-hydroxylation sites is 1. The number of hydrogen-bond donors (Lipinski definition) is 2. The molecule has 2 rings (SSSR count). The maximum atomic E-state index is 12.3. The Labute approximate surface area is 154 Å². The van der Waals surface area contributed by atoms with Crippen LogP contribution in [0.5, 0.6) is 11.6 Å². The number of amides is 1. The number of oxime groups is 1. The third kappa shape index (κ3) is 5.08. The Kier molecular flexibility index (Phi) is 6.38. The van der Waals surface area contributed by atoms with Gasteiger partial charge >= 0.3 is 10.3 Å². The largest absolute Gasteiger partial charge is 0.440 e. The number of aromatic amines is 1. The Morgan fingerprint density at radius 1 is 1.31 bits per heavy atom. The molecule has 0 unspecified atom stereocenters. The minimum Gasteiger partial charge on any atom is -0.440 e.